The zero-order valence-electron chi connectivity index (χ0n) is 42.3. The van der Waals surface area contributed by atoms with Crippen LogP contribution >= 0.6 is 0 Å². The van der Waals surface area contributed by atoms with Gasteiger partial charge in [-0.1, -0.05) is 221 Å². The molecule has 0 aliphatic carbocycles. The maximum Gasteiger partial charge on any atom is 0.136 e. The Morgan fingerprint density at radius 2 is 0.600 bits per heavy atom. The lowest BCUT2D eigenvalue weighted by Gasteiger charge is -2.30. The van der Waals surface area contributed by atoms with Crippen LogP contribution in [0.25, 0.3) is 88.0 Å². The quantitative estimate of drug-likeness (QED) is 0.136. The van der Waals surface area contributed by atoms with Crippen LogP contribution in [-0.4, -0.2) is 0 Å². The number of benzene rings is 12. The van der Waals surface area contributed by atoms with Crippen LogP contribution in [0.15, 0.2) is 277 Å². The normalized spacial score (nSPS) is 11.7. The fourth-order valence-electron chi connectivity index (χ4n) is 11.0. The molecule has 0 unspecified atom stereocenters. The molecular weight excluding hydrogens is 909 g/mol. The van der Waals surface area contributed by atoms with Crippen LogP contribution in [-0.2, 0) is 5.41 Å². The van der Waals surface area contributed by atoms with Crippen LogP contribution in [0.1, 0.15) is 26.3 Å². The van der Waals surface area contributed by atoms with Crippen molar-refractivity contribution in [1.29, 1.82) is 0 Å². The third-order valence-electron chi connectivity index (χ3n) is 14.8. The molecule has 0 atom stereocenters. The first-order valence-corrected chi connectivity index (χ1v) is 25.9. The molecule has 0 fully saturated rings. The highest BCUT2D eigenvalue weighted by Crippen LogP contribution is 2.48. The highest BCUT2D eigenvalue weighted by molar-refractivity contribution is 6.14. The number of rotatable bonds is 10. The van der Waals surface area contributed by atoms with Crippen LogP contribution < -0.4 is 9.80 Å². The molecule has 3 heteroatoms. The average Bonchev–Trinajstić information content (AvgIpc) is 3.81. The molecule has 0 radical (unpaired) electrons. The lowest BCUT2D eigenvalue weighted by molar-refractivity contribution is 0.590. The molecule has 0 spiro atoms. The first-order chi connectivity index (χ1) is 36.8. The number of nitrogens with zero attached hydrogens (tertiary/aromatic N) is 2. The molecular formula is C72H54N2O. The van der Waals surface area contributed by atoms with Gasteiger partial charge in [-0.3, -0.25) is 0 Å². The van der Waals surface area contributed by atoms with Gasteiger partial charge in [0.1, 0.15) is 11.2 Å². The van der Waals surface area contributed by atoms with Gasteiger partial charge in [-0.15, -0.1) is 0 Å². The minimum Gasteiger partial charge on any atom is -0.456 e. The number of anilines is 6. The Bertz CT molecular complexity index is 4130. The van der Waals surface area contributed by atoms with Crippen LogP contribution in [0.2, 0.25) is 0 Å². The van der Waals surface area contributed by atoms with Crippen molar-refractivity contribution < 1.29 is 4.42 Å². The predicted molar refractivity (Wildman–Crippen MR) is 319 cm³/mol. The Balaban J connectivity index is 0.947. The third-order valence-corrected chi connectivity index (χ3v) is 14.8. The van der Waals surface area contributed by atoms with E-state index >= 15 is 0 Å². The molecule has 3 nitrogen and oxygen atoms in total. The molecule has 0 bridgehead atoms. The van der Waals surface area contributed by atoms with E-state index in [4.69, 9.17) is 4.42 Å². The van der Waals surface area contributed by atoms with Gasteiger partial charge in [-0.2, -0.15) is 0 Å². The molecule has 1 heterocycles. The smallest absolute Gasteiger partial charge is 0.136 e. The Kier molecular flexibility index (Phi) is 11.4. The van der Waals surface area contributed by atoms with E-state index in [1.165, 1.54) is 11.1 Å². The molecule has 12 aromatic carbocycles. The van der Waals surface area contributed by atoms with Crippen LogP contribution in [0.5, 0.6) is 0 Å². The van der Waals surface area contributed by atoms with Gasteiger partial charge in [0.25, 0.3) is 0 Å². The molecule has 0 saturated heterocycles. The van der Waals surface area contributed by atoms with Crippen molar-refractivity contribution in [2.24, 2.45) is 0 Å². The van der Waals surface area contributed by atoms with Crippen molar-refractivity contribution in [2.75, 3.05) is 9.80 Å². The Hall–Kier alpha value is -9.44. The monoisotopic (exact) mass is 962 g/mol. The Morgan fingerprint density at radius 1 is 0.280 bits per heavy atom. The summed E-state index contributed by atoms with van der Waals surface area (Å²) in [6.07, 6.45) is 0. The van der Waals surface area contributed by atoms with Gasteiger partial charge in [0.2, 0.25) is 0 Å². The molecule has 0 aliphatic heterocycles. The number of hydrogen-bond donors (Lipinski definition) is 0. The van der Waals surface area contributed by atoms with Crippen molar-refractivity contribution in [2.45, 2.75) is 26.2 Å². The summed E-state index contributed by atoms with van der Waals surface area (Å²) in [5.74, 6) is 0. The molecule has 0 saturated carbocycles. The Labute approximate surface area is 438 Å². The summed E-state index contributed by atoms with van der Waals surface area (Å²) in [7, 11) is 0. The van der Waals surface area contributed by atoms with Crippen molar-refractivity contribution >= 4 is 77.6 Å². The topological polar surface area (TPSA) is 19.6 Å². The third kappa shape index (κ3) is 8.49. The summed E-state index contributed by atoms with van der Waals surface area (Å²) in [5.41, 5.74) is 18.9. The summed E-state index contributed by atoms with van der Waals surface area (Å²) in [6.45, 7) is 6.80. The van der Waals surface area contributed by atoms with Crippen LogP contribution in [0, 0.1) is 0 Å². The molecule has 0 aliphatic rings. The Morgan fingerprint density at radius 3 is 0.947 bits per heavy atom. The summed E-state index contributed by atoms with van der Waals surface area (Å²) in [6, 6.07) is 98.9. The van der Waals surface area contributed by atoms with E-state index in [1.807, 2.05) is 0 Å². The lowest BCUT2D eigenvalue weighted by Crippen LogP contribution is -2.13. The van der Waals surface area contributed by atoms with Crippen LogP contribution in [0.4, 0.5) is 34.1 Å². The minimum atomic E-state index is 0.0561. The number of para-hydroxylation sites is 4. The fraction of sp³-hybridized carbons (Fsp3) is 0.0556. The average molecular weight is 963 g/mol. The van der Waals surface area contributed by atoms with Gasteiger partial charge in [0.05, 0.1) is 22.7 Å². The first kappa shape index (κ1) is 45.4. The van der Waals surface area contributed by atoms with E-state index in [0.717, 1.165) is 117 Å². The molecule has 358 valence electrons. The van der Waals surface area contributed by atoms with Crippen molar-refractivity contribution in [3.63, 3.8) is 0 Å². The molecule has 0 amide bonds. The van der Waals surface area contributed by atoms with E-state index in [1.54, 1.807) is 0 Å². The minimum absolute atomic E-state index is 0.0561. The second-order valence-corrected chi connectivity index (χ2v) is 20.5. The van der Waals surface area contributed by atoms with Gasteiger partial charge >= 0.3 is 0 Å². The highest BCUT2D eigenvalue weighted by atomic mass is 16.3. The number of hydrogen-bond acceptors (Lipinski definition) is 3. The van der Waals surface area contributed by atoms with E-state index in [2.05, 4.69) is 304 Å². The summed E-state index contributed by atoms with van der Waals surface area (Å²) in [5, 5.41) is 6.70. The standard InChI is InChI=1S/C72H54N2O/c1-72(2,3)57-39-35-52(36-40-57)63-30-16-20-34-69(63)74(68-33-19-15-29-62(68)51-25-11-6-12-26-51)59-42-38-54-46-65-64-45-53-37-41-58(43-55(53)47-70(64)75-71(65)48-56(54)44-59)73(66-31-17-13-27-60(66)49-21-7-4-8-22-49)67-32-18-14-28-61(67)50-23-9-5-10-24-50/h4-48H,1-3H3. The second kappa shape index (κ2) is 18.9. The zero-order valence-corrected chi connectivity index (χ0v) is 42.3. The maximum absolute atomic E-state index is 6.92. The van der Waals surface area contributed by atoms with Crippen LogP contribution in [0.3, 0.4) is 0 Å². The van der Waals surface area contributed by atoms with Crippen molar-refractivity contribution in [3.8, 4) is 44.5 Å². The SMILES string of the molecule is CC(C)(C)c1ccc(-c2ccccc2N(c2ccc3cc4c(cc3c2)oc2cc3cc(N(c5ccccc5-c5ccccc5)c5ccccc5-c5ccccc5)ccc3cc24)c2ccccc2-c2ccccc2)cc1. The van der Waals surface area contributed by atoms with Gasteiger partial charge in [0.15, 0.2) is 0 Å². The van der Waals surface area contributed by atoms with Gasteiger partial charge in [-0.05, 0) is 128 Å². The summed E-state index contributed by atoms with van der Waals surface area (Å²) < 4.78 is 6.92. The summed E-state index contributed by atoms with van der Waals surface area (Å²) in [4.78, 5) is 4.85. The number of fused-ring (bicyclic) bond motifs is 5. The van der Waals surface area contributed by atoms with Gasteiger partial charge < -0.3 is 14.2 Å². The van der Waals surface area contributed by atoms with Crippen molar-refractivity contribution in [1.82, 2.24) is 0 Å². The van der Waals surface area contributed by atoms with E-state index < -0.39 is 0 Å². The molecule has 0 N–H and O–H groups in total. The van der Waals surface area contributed by atoms with E-state index in [-0.39, 0.29) is 5.41 Å². The predicted octanol–water partition coefficient (Wildman–Crippen LogP) is 20.8. The van der Waals surface area contributed by atoms with E-state index in [0.29, 0.717) is 0 Å². The second-order valence-electron chi connectivity index (χ2n) is 20.5. The zero-order chi connectivity index (χ0) is 50.5. The maximum atomic E-state index is 6.92. The molecule has 13 rings (SSSR count). The van der Waals surface area contributed by atoms with Gasteiger partial charge in [0, 0.05) is 44.4 Å². The van der Waals surface area contributed by atoms with E-state index in [9.17, 15) is 0 Å². The molecule has 13 aromatic rings. The molecule has 1 aromatic heterocycles. The van der Waals surface area contributed by atoms with Gasteiger partial charge in [-0.25, -0.2) is 0 Å². The number of furan rings is 1. The largest absolute Gasteiger partial charge is 0.456 e. The molecule has 75 heavy (non-hydrogen) atoms. The summed E-state index contributed by atoms with van der Waals surface area (Å²) >= 11 is 0. The lowest BCUT2D eigenvalue weighted by atomic mass is 9.86. The fourth-order valence-corrected chi connectivity index (χ4v) is 11.0. The van der Waals surface area contributed by atoms with Crippen molar-refractivity contribution in [3.05, 3.63) is 279 Å². The highest BCUT2D eigenvalue weighted by Gasteiger charge is 2.24. The first-order valence-electron chi connectivity index (χ1n) is 25.9.